The molecule has 2 N–H and O–H groups in total. The van der Waals surface area contributed by atoms with E-state index >= 15 is 0 Å². The molecule has 0 aliphatic carbocycles. The molecule has 7 heteroatoms. The van der Waals surface area contributed by atoms with Gasteiger partial charge in [0.2, 0.25) is 0 Å². The Kier molecular flexibility index (Phi) is 4.65. The van der Waals surface area contributed by atoms with E-state index in [0.717, 1.165) is 12.2 Å². The fourth-order valence-corrected chi connectivity index (χ4v) is 1.80. The second kappa shape index (κ2) is 6.65. The summed E-state index contributed by atoms with van der Waals surface area (Å²) >= 11 is 0. The van der Waals surface area contributed by atoms with Crippen molar-refractivity contribution in [1.82, 2.24) is 25.1 Å². The Morgan fingerprint density at radius 1 is 1.45 bits per heavy atom. The van der Waals surface area contributed by atoms with Gasteiger partial charge in [-0.05, 0) is 13.0 Å². The molecule has 20 heavy (non-hydrogen) atoms. The fraction of sp³-hybridized carbons (Fsp3) is 0.385. The van der Waals surface area contributed by atoms with E-state index in [4.69, 9.17) is 0 Å². The third-order valence-corrected chi connectivity index (χ3v) is 2.71. The zero-order chi connectivity index (χ0) is 14.4. The molecule has 2 heterocycles. The smallest absolute Gasteiger partial charge is 0.254 e. The number of anilines is 1. The Hall–Kier alpha value is -2.44. The van der Waals surface area contributed by atoms with Crippen LogP contribution in [0.2, 0.25) is 0 Å². The number of rotatable bonds is 6. The van der Waals surface area contributed by atoms with Crippen molar-refractivity contribution in [3.05, 3.63) is 36.2 Å². The van der Waals surface area contributed by atoms with Crippen LogP contribution in [0.25, 0.3) is 0 Å². The molecule has 2 rings (SSSR count). The Balaban J connectivity index is 1.91. The fourth-order valence-electron chi connectivity index (χ4n) is 1.80. The highest BCUT2D eigenvalue weighted by atomic mass is 16.1. The molecule has 0 saturated heterocycles. The molecule has 7 nitrogen and oxygen atoms in total. The first kappa shape index (κ1) is 14.0. The molecular formula is C13H18N6O. The van der Waals surface area contributed by atoms with Gasteiger partial charge < -0.3 is 10.6 Å². The third kappa shape index (κ3) is 3.53. The zero-order valence-electron chi connectivity index (χ0n) is 11.6. The first-order valence-corrected chi connectivity index (χ1v) is 6.51. The van der Waals surface area contributed by atoms with Gasteiger partial charge in [0.25, 0.3) is 5.91 Å². The minimum Gasteiger partial charge on any atom is -0.385 e. The van der Waals surface area contributed by atoms with Crippen molar-refractivity contribution in [3.63, 3.8) is 0 Å². The van der Waals surface area contributed by atoms with Gasteiger partial charge in [0.1, 0.15) is 6.33 Å². The second-order valence-corrected chi connectivity index (χ2v) is 4.29. The molecule has 0 atom stereocenters. The van der Waals surface area contributed by atoms with Crippen LogP contribution >= 0.6 is 0 Å². The standard InChI is InChI=1S/C13H18N6O/c1-3-15-11-4-6-14-8-10(11)13(20)16-7-5-12-17-9-19(2)18-12/h4,6,8-9H,3,5,7H2,1-2H3,(H,14,15)(H,16,20). The lowest BCUT2D eigenvalue weighted by Crippen LogP contribution is -2.27. The van der Waals surface area contributed by atoms with E-state index in [0.29, 0.717) is 24.4 Å². The van der Waals surface area contributed by atoms with Gasteiger partial charge in [-0.2, -0.15) is 5.10 Å². The molecule has 0 aliphatic rings. The van der Waals surface area contributed by atoms with E-state index in [1.54, 1.807) is 29.5 Å². The molecular weight excluding hydrogens is 256 g/mol. The number of aromatic nitrogens is 4. The molecule has 1 amide bonds. The van der Waals surface area contributed by atoms with Crippen LogP contribution in [-0.2, 0) is 13.5 Å². The van der Waals surface area contributed by atoms with Crippen LogP contribution < -0.4 is 10.6 Å². The van der Waals surface area contributed by atoms with Crippen molar-refractivity contribution in [2.24, 2.45) is 7.05 Å². The molecule has 0 radical (unpaired) electrons. The van der Waals surface area contributed by atoms with Gasteiger partial charge in [-0.15, -0.1) is 0 Å². The number of hydrogen-bond donors (Lipinski definition) is 2. The predicted molar refractivity (Wildman–Crippen MR) is 75.4 cm³/mol. The maximum Gasteiger partial charge on any atom is 0.254 e. The lowest BCUT2D eigenvalue weighted by molar-refractivity contribution is 0.0954. The number of carbonyl (C=O) groups is 1. The number of hydrogen-bond acceptors (Lipinski definition) is 5. The highest BCUT2D eigenvalue weighted by Gasteiger charge is 2.10. The molecule has 0 unspecified atom stereocenters. The maximum absolute atomic E-state index is 12.1. The van der Waals surface area contributed by atoms with Crippen LogP contribution in [0.1, 0.15) is 23.1 Å². The lowest BCUT2D eigenvalue weighted by atomic mass is 10.2. The first-order valence-electron chi connectivity index (χ1n) is 6.51. The number of nitrogens with zero attached hydrogens (tertiary/aromatic N) is 4. The van der Waals surface area contributed by atoms with Crippen LogP contribution in [0.5, 0.6) is 0 Å². The molecule has 0 bridgehead atoms. The number of aryl methyl sites for hydroxylation is 1. The van der Waals surface area contributed by atoms with E-state index in [1.165, 1.54) is 0 Å². The summed E-state index contributed by atoms with van der Waals surface area (Å²) in [4.78, 5) is 20.2. The predicted octanol–water partition coefficient (Wildman–Crippen LogP) is 0.614. The van der Waals surface area contributed by atoms with Gasteiger partial charge >= 0.3 is 0 Å². The third-order valence-electron chi connectivity index (χ3n) is 2.71. The molecule has 0 fully saturated rings. The van der Waals surface area contributed by atoms with Gasteiger partial charge in [0.15, 0.2) is 5.82 Å². The average Bonchev–Trinajstić information content (AvgIpc) is 2.85. The van der Waals surface area contributed by atoms with Crippen LogP contribution in [0, 0.1) is 0 Å². The van der Waals surface area contributed by atoms with E-state index in [1.807, 2.05) is 14.0 Å². The number of amides is 1. The highest BCUT2D eigenvalue weighted by molar-refractivity contribution is 5.99. The molecule has 106 valence electrons. The van der Waals surface area contributed by atoms with Crippen LogP contribution in [0.3, 0.4) is 0 Å². The molecule has 0 spiro atoms. The summed E-state index contributed by atoms with van der Waals surface area (Å²) in [6, 6.07) is 1.79. The van der Waals surface area contributed by atoms with E-state index in [9.17, 15) is 4.79 Å². The van der Waals surface area contributed by atoms with Crippen molar-refractivity contribution >= 4 is 11.6 Å². The topological polar surface area (TPSA) is 84.7 Å². The summed E-state index contributed by atoms with van der Waals surface area (Å²) < 4.78 is 1.64. The second-order valence-electron chi connectivity index (χ2n) is 4.29. The number of nitrogens with one attached hydrogen (secondary N) is 2. The van der Waals surface area contributed by atoms with Crippen LogP contribution in [-0.4, -0.2) is 38.7 Å². The minimum absolute atomic E-state index is 0.148. The maximum atomic E-state index is 12.1. The van der Waals surface area contributed by atoms with E-state index < -0.39 is 0 Å². The highest BCUT2D eigenvalue weighted by Crippen LogP contribution is 2.12. The Morgan fingerprint density at radius 3 is 3.00 bits per heavy atom. The van der Waals surface area contributed by atoms with E-state index in [2.05, 4.69) is 25.7 Å². The lowest BCUT2D eigenvalue weighted by Gasteiger charge is -2.09. The normalized spacial score (nSPS) is 10.3. The van der Waals surface area contributed by atoms with Gasteiger partial charge in [-0.1, -0.05) is 0 Å². The van der Waals surface area contributed by atoms with Crippen LogP contribution in [0.4, 0.5) is 5.69 Å². The summed E-state index contributed by atoms with van der Waals surface area (Å²) in [5.74, 6) is 0.566. The van der Waals surface area contributed by atoms with Crippen LogP contribution in [0.15, 0.2) is 24.8 Å². The Morgan fingerprint density at radius 2 is 2.30 bits per heavy atom. The van der Waals surface area contributed by atoms with Crippen molar-refractivity contribution < 1.29 is 4.79 Å². The molecule has 0 aliphatic heterocycles. The van der Waals surface area contributed by atoms with Gasteiger partial charge in [-0.25, -0.2) is 4.98 Å². The summed E-state index contributed by atoms with van der Waals surface area (Å²) in [5.41, 5.74) is 1.33. The number of carbonyl (C=O) groups excluding carboxylic acids is 1. The molecule has 2 aromatic heterocycles. The van der Waals surface area contributed by atoms with Gasteiger partial charge in [0.05, 0.1) is 11.3 Å². The average molecular weight is 274 g/mol. The number of pyridine rings is 1. The summed E-state index contributed by atoms with van der Waals surface area (Å²) in [6.07, 6.45) is 5.46. The van der Waals surface area contributed by atoms with Crippen molar-refractivity contribution in [2.75, 3.05) is 18.4 Å². The Labute approximate surface area is 117 Å². The zero-order valence-corrected chi connectivity index (χ0v) is 11.6. The quantitative estimate of drug-likeness (QED) is 0.806. The Bertz CT molecular complexity index is 580. The van der Waals surface area contributed by atoms with Crippen molar-refractivity contribution in [1.29, 1.82) is 0 Å². The summed E-state index contributed by atoms with van der Waals surface area (Å²) in [7, 11) is 1.81. The largest absolute Gasteiger partial charge is 0.385 e. The SMILES string of the molecule is CCNc1ccncc1C(=O)NCCc1ncn(C)n1. The van der Waals surface area contributed by atoms with E-state index in [-0.39, 0.29) is 5.91 Å². The van der Waals surface area contributed by atoms with Crippen molar-refractivity contribution in [2.45, 2.75) is 13.3 Å². The van der Waals surface area contributed by atoms with Crippen molar-refractivity contribution in [3.8, 4) is 0 Å². The molecule has 0 saturated carbocycles. The minimum atomic E-state index is -0.148. The van der Waals surface area contributed by atoms with Gasteiger partial charge in [0, 0.05) is 39.0 Å². The molecule has 2 aromatic rings. The monoisotopic (exact) mass is 274 g/mol. The summed E-state index contributed by atoms with van der Waals surface area (Å²) in [5, 5.41) is 10.1. The summed E-state index contributed by atoms with van der Waals surface area (Å²) in [6.45, 7) is 3.22. The van der Waals surface area contributed by atoms with Gasteiger partial charge in [-0.3, -0.25) is 14.5 Å². The molecule has 0 aromatic carbocycles. The first-order chi connectivity index (χ1) is 9.70.